The van der Waals surface area contributed by atoms with E-state index in [4.69, 9.17) is 4.74 Å². The van der Waals surface area contributed by atoms with Crippen molar-refractivity contribution in [3.8, 4) is 5.75 Å². The summed E-state index contributed by atoms with van der Waals surface area (Å²) < 4.78 is 7.84. The van der Waals surface area contributed by atoms with Crippen LogP contribution in [-0.4, -0.2) is 22.9 Å². The number of rotatable bonds is 9. The highest BCUT2D eigenvalue weighted by Crippen LogP contribution is 2.28. The number of amides is 1. The van der Waals surface area contributed by atoms with Gasteiger partial charge in [-0.3, -0.25) is 9.59 Å². The fourth-order valence-corrected chi connectivity index (χ4v) is 4.64. The minimum atomic E-state index is -0.469. The second kappa shape index (κ2) is 11.0. The Kier molecular flexibility index (Phi) is 7.82. The third-order valence-corrected chi connectivity index (χ3v) is 7.10. The number of aromatic nitrogens is 1. The Morgan fingerprint density at radius 3 is 2.32 bits per heavy atom. The molecular weight excluding hydrogens is 460 g/mol. The molecule has 0 saturated carbocycles. The molecule has 0 spiro atoms. The zero-order chi connectivity index (χ0) is 26.7. The zero-order valence-corrected chi connectivity index (χ0v) is 22.5. The Labute approximate surface area is 219 Å². The smallest absolute Gasteiger partial charge is 0.251 e. The third-order valence-electron chi connectivity index (χ3n) is 7.10. The molecule has 0 aliphatic rings. The van der Waals surface area contributed by atoms with Gasteiger partial charge in [-0.05, 0) is 86.2 Å². The van der Waals surface area contributed by atoms with Crippen LogP contribution in [0.4, 0.5) is 0 Å². The molecule has 5 heteroatoms. The normalized spacial score (nSPS) is 12.9. The molecule has 1 N–H and O–H groups in total. The largest absolute Gasteiger partial charge is 0.483 e. The first-order valence-corrected chi connectivity index (χ1v) is 12.9. The van der Waals surface area contributed by atoms with Crippen LogP contribution < -0.4 is 10.1 Å². The van der Waals surface area contributed by atoms with Gasteiger partial charge in [0.05, 0.1) is 6.04 Å². The molecule has 0 bridgehead atoms. The SMILES string of the molecule is Cc1c(C)n(Cc2ccc(O[C@@H](C)C=O)cc2)c2ccc(C(=O)N[C@@H](C)c3cccc(C(C)C)c3)cc12. The summed E-state index contributed by atoms with van der Waals surface area (Å²) in [7, 11) is 0. The molecule has 0 aliphatic heterocycles. The molecule has 0 saturated heterocycles. The Morgan fingerprint density at radius 1 is 0.946 bits per heavy atom. The van der Waals surface area contributed by atoms with Crippen molar-refractivity contribution in [3.05, 3.63) is 100 Å². The van der Waals surface area contributed by atoms with Crippen LogP contribution in [0.3, 0.4) is 0 Å². The average molecular weight is 497 g/mol. The number of nitrogens with zero attached hydrogens (tertiary/aromatic N) is 1. The molecule has 3 aromatic carbocycles. The van der Waals surface area contributed by atoms with E-state index in [2.05, 4.69) is 61.8 Å². The maximum atomic E-state index is 13.2. The maximum Gasteiger partial charge on any atom is 0.251 e. The van der Waals surface area contributed by atoms with Crippen LogP contribution in [0.2, 0.25) is 0 Å². The first-order valence-electron chi connectivity index (χ1n) is 12.9. The summed E-state index contributed by atoms with van der Waals surface area (Å²) in [5.74, 6) is 1.04. The van der Waals surface area contributed by atoms with Gasteiger partial charge in [-0.15, -0.1) is 0 Å². The fraction of sp³-hybridized carbons (Fsp3) is 0.312. The fourth-order valence-electron chi connectivity index (χ4n) is 4.64. The number of carbonyl (C=O) groups is 2. The summed E-state index contributed by atoms with van der Waals surface area (Å²) in [5, 5.41) is 4.25. The van der Waals surface area contributed by atoms with Crippen molar-refractivity contribution < 1.29 is 14.3 Å². The Morgan fingerprint density at radius 2 is 1.65 bits per heavy atom. The number of aryl methyl sites for hydroxylation is 1. The van der Waals surface area contributed by atoms with E-state index >= 15 is 0 Å². The molecule has 0 unspecified atom stereocenters. The molecule has 5 nitrogen and oxygen atoms in total. The van der Waals surface area contributed by atoms with Crippen molar-refractivity contribution >= 4 is 23.1 Å². The topological polar surface area (TPSA) is 60.3 Å². The summed E-state index contributed by atoms with van der Waals surface area (Å²) in [6.45, 7) is 13.0. The van der Waals surface area contributed by atoms with Crippen LogP contribution >= 0.6 is 0 Å². The van der Waals surface area contributed by atoms with Crippen molar-refractivity contribution in [2.24, 2.45) is 0 Å². The van der Waals surface area contributed by atoms with Crippen LogP contribution in [0.5, 0.6) is 5.75 Å². The standard InChI is InChI=1S/C32H36N2O3/c1-20(2)26-8-7-9-27(16-26)23(5)33-32(36)28-12-15-31-30(17-28)22(4)24(6)34(31)18-25-10-13-29(14-11-25)37-21(3)19-35/h7-17,19-21,23H,18H2,1-6H3,(H,33,36)/t21-,23-/m0/s1. The van der Waals surface area contributed by atoms with Crippen LogP contribution in [0, 0.1) is 13.8 Å². The van der Waals surface area contributed by atoms with Crippen molar-refractivity contribution in [1.82, 2.24) is 9.88 Å². The van der Waals surface area contributed by atoms with E-state index in [1.165, 1.54) is 16.8 Å². The molecule has 1 amide bonds. The summed E-state index contributed by atoms with van der Waals surface area (Å²) >= 11 is 0. The first-order chi connectivity index (χ1) is 17.7. The van der Waals surface area contributed by atoms with Gasteiger partial charge in [0.15, 0.2) is 12.4 Å². The molecule has 37 heavy (non-hydrogen) atoms. The van der Waals surface area contributed by atoms with Crippen LogP contribution in [0.15, 0.2) is 66.7 Å². The lowest BCUT2D eigenvalue weighted by Crippen LogP contribution is -2.26. The maximum absolute atomic E-state index is 13.2. The lowest BCUT2D eigenvalue weighted by molar-refractivity contribution is -0.113. The summed E-state index contributed by atoms with van der Waals surface area (Å²) in [6.07, 6.45) is 0.314. The Hall–Kier alpha value is -3.86. The molecule has 1 aromatic heterocycles. The molecule has 192 valence electrons. The van der Waals surface area contributed by atoms with Crippen molar-refractivity contribution in [3.63, 3.8) is 0 Å². The van der Waals surface area contributed by atoms with E-state index < -0.39 is 6.10 Å². The Balaban J connectivity index is 1.54. The van der Waals surface area contributed by atoms with E-state index in [0.29, 0.717) is 23.8 Å². The van der Waals surface area contributed by atoms with E-state index in [9.17, 15) is 9.59 Å². The number of benzene rings is 3. The lowest BCUT2D eigenvalue weighted by atomic mass is 9.98. The van der Waals surface area contributed by atoms with Crippen molar-refractivity contribution in [2.75, 3.05) is 0 Å². The average Bonchev–Trinajstić information content (AvgIpc) is 3.13. The van der Waals surface area contributed by atoms with Gasteiger partial charge < -0.3 is 14.6 Å². The van der Waals surface area contributed by atoms with Crippen LogP contribution in [0.1, 0.15) is 78.0 Å². The van der Waals surface area contributed by atoms with Gasteiger partial charge in [-0.25, -0.2) is 0 Å². The summed E-state index contributed by atoms with van der Waals surface area (Å²) in [6, 6.07) is 22.1. The Bertz CT molecular complexity index is 1420. The van der Waals surface area contributed by atoms with Gasteiger partial charge in [0, 0.05) is 28.7 Å². The quantitative estimate of drug-likeness (QED) is 0.257. The lowest BCUT2D eigenvalue weighted by Gasteiger charge is -2.16. The molecule has 4 aromatic rings. The van der Waals surface area contributed by atoms with Crippen molar-refractivity contribution in [1.29, 1.82) is 0 Å². The number of aldehydes is 1. The van der Waals surface area contributed by atoms with E-state index in [1.807, 2.05) is 49.4 Å². The molecular formula is C32H36N2O3. The number of ether oxygens (including phenoxy) is 1. The van der Waals surface area contributed by atoms with Gasteiger partial charge in [-0.2, -0.15) is 0 Å². The van der Waals surface area contributed by atoms with Gasteiger partial charge in [0.1, 0.15) is 5.75 Å². The molecule has 4 rings (SSSR count). The number of nitrogens with one attached hydrogen (secondary N) is 1. The number of fused-ring (bicyclic) bond motifs is 1. The molecule has 2 atom stereocenters. The van der Waals surface area contributed by atoms with Crippen LogP contribution in [-0.2, 0) is 11.3 Å². The predicted octanol–water partition coefficient (Wildman–Crippen LogP) is 6.89. The summed E-state index contributed by atoms with van der Waals surface area (Å²) in [4.78, 5) is 24.0. The second-order valence-corrected chi connectivity index (χ2v) is 10.2. The highest BCUT2D eigenvalue weighted by molar-refractivity contribution is 5.99. The van der Waals surface area contributed by atoms with Gasteiger partial charge in [0.25, 0.3) is 5.91 Å². The van der Waals surface area contributed by atoms with E-state index in [1.54, 1.807) is 6.92 Å². The molecule has 1 heterocycles. The highest BCUT2D eigenvalue weighted by atomic mass is 16.5. The molecule has 0 fully saturated rings. The van der Waals surface area contributed by atoms with Crippen molar-refractivity contribution in [2.45, 2.75) is 66.2 Å². The second-order valence-electron chi connectivity index (χ2n) is 10.2. The number of hydrogen-bond donors (Lipinski definition) is 1. The van der Waals surface area contributed by atoms with E-state index in [-0.39, 0.29) is 11.9 Å². The minimum absolute atomic E-state index is 0.0747. The number of carbonyl (C=O) groups excluding carboxylic acids is 2. The third kappa shape index (κ3) is 5.77. The first kappa shape index (κ1) is 26.2. The van der Waals surface area contributed by atoms with Gasteiger partial charge in [-0.1, -0.05) is 50.2 Å². The minimum Gasteiger partial charge on any atom is -0.483 e. The monoisotopic (exact) mass is 496 g/mol. The number of hydrogen-bond acceptors (Lipinski definition) is 3. The molecule has 0 aliphatic carbocycles. The highest BCUT2D eigenvalue weighted by Gasteiger charge is 2.17. The molecule has 0 radical (unpaired) electrons. The van der Waals surface area contributed by atoms with Gasteiger partial charge in [0.2, 0.25) is 0 Å². The van der Waals surface area contributed by atoms with Gasteiger partial charge >= 0.3 is 0 Å². The zero-order valence-electron chi connectivity index (χ0n) is 22.5. The van der Waals surface area contributed by atoms with Crippen LogP contribution in [0.25, 0.3) is 10.9 Å². The van der Waals surface area contributed by atoms with E-state index in [0.717, 1.165) is 28.3 Å². The summed E-state index contributed by atoms with van der Waals surface area (Å²) in [5.41, 5.74) is 7.60. The predicted molar refractivity (Wildman–Crippen MR) is 150 cm³/mol.